The van der Waals surface area contributed by atoms with Gasteiger partial charge in [0.1, 0.15) is 0 Å². The first-order chi connectivity index (χ1) is 0. The van der Waals surface area contributed by atoms with Crippen molar-refractivity contribution in [1.29, 1.82) is 0 Å². The molecule has 4 heavy (non-hydrogen) atoms. The molecule has 0 unspecified atom stereocenters. The van der Waals surface area contributed by atoms with E-state index < -0.39 is 0 Å². The molecule has 0 aromatic carbocycles. The molecule has 0 aliphatic carbocycles. The Kier molecular flexibility index (Phi) is 100.0. The van der Waals surface area contributed by atoms with Crippen molar-refractivity contribution < 1.29 is 27.7 Å². The summed E-state index contributed by atoms with van der Waals surface area (Å²) >= 11 is 0. The molecule has 10 valence electrons. The maximum Gasteiger partial charge on any atom is 0 e. The minimum atomic E-state index is 0. The molecule has 0 atom stereocenters. The molecule has 4 radical (unpaired) electrons. The molecule has 0 N–H and O–H groups in total. The van der Waals surface area contributed by atoms with Crippen LogP contribution in [0.1, 0.15) is 0 Å². The summed E-state index contributed by atoms with van der Waals surface area (Å²) in [4.78, 5) is 0. The second-order valence-corrected chi connectivity index (χ2v) is 0. The van der Waals surface area contributed by atoms with E-state index in [0.717, 1.165) is 0 Å². The zero-order valence-electron chi connectivity index (χ0n) is 1.86. The minimum Gasteiger partial charge on any atom is 0 e. The third kappa shape index (κ3) is 9.21. The molecule has 0 heterocycles. The average molecular weight is 544 g/mol. The van der Waals surface area contributed by atoms with Crippen molar-refractivity contribution >= 4 is 82.7 Å². The Morgan fingerprint density at radius 2 is 1.00 bits per heavy atom. The van der Waals surface area contributed by atoms with E-state index in [-0.39, 0.29) is 110 Å². The van der Waals surface area contributed by atoms with Crippen molar-refractivity contribution in [2.75, 3.05) is 0 Å². The third-order valence-electron chi connectivity index (χ3n) is 0. The summed E-state index contributed by atoms with van der Waals surface area (Å²) in [5, 5.41) is 0. The maximum absolute atomic E-state index is 0. The fourth-order valence-electron chi connectivity index (χ4n) is 0. The van der Waals surface area contributed by atoms with Crippen molar-refractivity contribution in [2.45, 2.75) is 0 Å². The molecule has 0 saturated carbocycles. The van der Waals surface area contributed by atoms with Crippen LogP contribution in [0, 0.1) is 0 Å². The molecule has 0 saturated heterocycles. The van der Waals surface area contributed by atoms with Gasteiger partial charge in [-0.1, -0.05) is 0 Å². The van der Waals surface area contributed by atoms with Gasteiger partial charge >= 0.3 is 29.6 Å². The van der Waals surface area contributed by atoms with Gasteiger partial charge in [0.25, 0.3) is 0 Å². The van der Waals surface area contributed by atoms with Crippen LogP contribution in [0.2, 0.25) is 0 Å². The third-order valence-corrected chi connectivity index (χ3v) is 0. The van der Waals surface area contributed by atoms with Gasteiger partial charge in [0.2, 0.25) is 0 Å². The Morgan fingerprint density at radius 3 is 1.00 bits per heavy atom. The number of hydrogen-bond acceptors (Lipinski definition) is 0. The largest absolute Gasteiger partial charge is 0 e. The molecule has 0 aliphatic heterocycles. The summed E-state index contributed by atoms with van der Waals surface area (Å²) in [6.07, 6.45) is 0. The quantitative estimate of drug-likeness (QED) is 0.330. The predicted octanol–water partition coefficient (Wildman–Crippen LogP) is -1.41. The topological polar surface area (TPSA) is 0 Å². The summed E-state index contributed by atoms with van der Waals surface area (Å²) in [6.45, 7) is 0. The van der Waals surface area contributed by atoms with E-state index in [1.54, 1.807) is 0 Å². The van der Waals surface area contributed by atoms with E-state index in [2.05, 4.69) is 0 Å². The second kappa shape index (κ2) is 15.9. The number of rotatable bonds is 0. The van der Waals surface area contributed by atoms with Crippen LogP contribution in [0.15, 0.2) is 0 Å². The van der Waals surface area contributed by atoms with Crippen LogP contribution in [0.25, 0.3) is 0 Å². The minimum absolute atomic E-state index is 0. The molecule has 0 amide bonds. The van der Waals surface area contributed by atoms with Crippen LogP contribution < -0.4 is 0 Å². The molecular formula is HHgInNaTl. The number of hydrogen-bond donors (Lipinski definition) is 0. The molecule has 0 fully saturated rings. The molecule has 0 aliphatic rings. The summed E-state index contributed by atoms with van der Waals surface area (Å²) < 4.78 is 0. The van der Waals surface area contributed by atoms with Gasteiger partial charge in [0.15, 0.2) is 0 Å². The van der Waals surface area contributed by atoms with Gasteiger partial charge in [-0.25, -0.2) is 0 Å². The first-order valence-electron chi connectivity index (χ1n) is 0. The van der Waals surface area contributed by atoms with Crippen LogP contribution in [-0.4, -0.2) is 82.7 Å². The first-order valence-corrected chi connectivity index (χ1v) is 0. The van der Waals surface area contributed by atoms with E-state index in [9.17, 15) is 0 Å². The molecular weight excluding hydrogens is 543 g/mol. The standard InChI is InChI=1S/Hg.In.Na.Tl.H. The van der Waals surface area contributed by atoms with E-state index in [4.69, 9.17) is 0 Å². The fraction of sp³-hybridized carbons (Fsp3) is 0. The Balaban J connectivity index is 0. The van der Waals surface area contributed by atoms with Crippen LogP contribution >= 0.6 is 0 Å². The SMILES string of the molecule is [Hg].[In].[NaH].[Tl]. The monoisotopic (exact) mass is 546 g/mol. The van der Waals surface area contributed by atoms with Crippen LogP contribution in [0.5, 0.6) is 0 Å². The van der Waals surface area contributed by atoms with Crippen molar-refractivity contribution in [3.8, 4) is 0 Å². The van der Waals surface area contributed by atoms with Gasteiger partial charge in [0.05, 0.1) is 0 Å². The fourth-order valence-corrected chi connectivity index (χ4v) is 0. The van der Waals surface area contributed by atoms with Gasteiger partial charge in [-0.15, -0.1) is 0 Å². The summed E-state index contributed by atoms with van der Waals surface area (Å²) in [6, 6.07) is 0. The molecule has 0 rings (SSSR count). The average Bonchev–Trinajstić information content (AvgIpc) is 0. The van der Waals surface area contributed by atoms with Gasteiger partial charge in [-0.3, -0.25) is 0 Å². The Morgan fingerprint density at radius 1 is 1.00 bits per heavy atom. The van der Waals surface area contributed by atoms with E-state index in [1.807, 2.05) is 0 Å². The summed E-state index contributed by atoms with van der Waals surface area (Å²) in [7, 11) is 0. The van der Waals surface area contributed by atoms with Gasteiger partial charge in [-0.05, 0) is 0 Å². The van der Waals surface area contributed by atoms with E-state index in [0.29, 0.717) is 0 Å². The molecule has 4 heteroatoms. The second-order valence-electron chi connectivity index (χ2n) is 0. The van der Waals surface area contributed by atoms with Gasteiger partial charge in [-0.2, -0.15) is 0 Å². The first kappa shape index (κ1) is 25.2. The normalized spacial score (nSPS) is 0. The van der Waals surface area contributed by atoms with Gasteiger partial charge < -0.3 is 0 Å². The van der Waals surface area contributed by atoms with E-state index >= 15 is 0 Å². The summed E-state index contributed by atoms with van der Waals surface area (Å²) in [5.41, 5.74) is 0. The Labute approximate surface area is 108 Å². The van der Waals surface area contributed by atoms with Crippen LogP contribution in [0.3, 0.4) is 0 Å². The summed E-state index contributed by atoms with van der Waals surface area (Å²) in [5.74, 6) is 0. The van der Waals surface area contributed by atoms with Gasteiger partial charge in [0, 0.05) is 80.8 Å². The van der Waals surface area contributed by atoms with E-state index in [1.165, 1.54) is 0 Å². The van der Waals surface area contributed by atoms with Crippen molar-refractivity contribution in [2.24, 2.45) is 0 Å². The smallest absolute Gasteiger partial charge is 0 e. The van der Waals surface area contributed by atoms with Crippen LogP contribution in [0.4, 0.5) is 0 Å². The van der Waals surface area contributed by atoms with Crippen molar-refractivity contribution in [3.05, 3.63) is 0 Å². The maximum atomic E-state index is 0. The molecule has 0 aromatic rings. The molecule has 0 bridgehead atoms. The zero-order valence-corrected chi connectivity index (χ0v) is 15.1. The Bertz CT molecular complexity index is 8.00. The zero-order chi connectivity index (χ0) is 0. The predicted molar refractivity (Wildman–Crippen MR) is 18.7 cm³/mol. The van der Waals surface area contributed by atoms with Crippen LogP contribution in [-0.2, 0) is 27.7 Å². The van der Waals surface area contributed by atoms with Crippen molar-refractivity contribution in [1.82, 2.24) is 0 Å². The molecule has 0 nitrogen and oxygen atoms in total. The Hall–Kier alpha value is 3.73. The van der Waals surface area contributed by atoms with Crippen molar-refractivity contribution in [3.63, 3.8) is 0 Å². The molecule has 0 aromatic heterocycles. The molecule has 0 spiro atoms.